The second-order valence-electron chi connectivity index (χ2n) is 11.9. The lowest BCUT2D eigenvalue weighted by Gasteiger charge is -2.38. The summed E-state index contributed by atoms with van der Waals surface area (Å²) in [5.41, 5.74) is 4.04. The Labute approximate surface area is 259 Å². The van der Waals surface area contributed by atoms with Crippen LogP contribution in [0.1, 0.15) is 35.3 Å². The molecule has 9 nitrogen and oxygen atoms in total. The zero-order valence-electron chi connectivity index (χ0n) is 26.1. The van der Waals surface area contributed by atoms with Crippen LogP contribution in [0.5, 0.6) is 11.5 Å². The smallest absolute Gasteiger partial charge is 0.258 e. The molecule has 2 amide bonds. The molecule has 0 aliphatic carbocycles. The molecule has 4 aromatic rings. The normalized spacial score (nSPS) is 17.5. The first-order chi connectivity index (χ1) is 21.2. The molecule has 3 aromatic carbocycles. The fourth-order valence-corrected chi connectivity index (χ4v) is 5.88. The SMILES string of the molecule is COc1ccc(CN(C)C[C@@H]2Oc3ccc(NC(=O)Cc4cn(C)c5ccccc45)cc3C(=O)N([C@H](C)CO)C[C@H]2C)cc1. The lowest BCUT2D eigenvalue weighted by molar-refractivity contribution is -0.115. The van der Waals surface area contributed by atoms with Crippen LogP contribution in [-0.2, 0) is 24.8 Å². The van der Waals surface area contributed by atoms with Crippen LogP contribution in [0.15, 0.2) is 72.9 Å². The summed E-state index contributed by atoms with van der Waals surface area (Å²) < 4.78 is 13.8. The molecule has 0 radical (unpaired) electrons. The van der Waals surface area contributed by atoms with Gasteiger partial charge in [-0.1, -0.05) is 37.3 Å². The van der Waals surface area contributed by atoms with Gasteiger partial charge in [-0.2, -0.15) is 0 Å². The molecule has 0 bridgehead atoms. The highest BCUT2D eigenvalue weighted by Gasteiger charge is 2.33. The van der Waals surface area contributed by atoms with E-state index in [9.17, 15) is 14.7 Å². The Kier molecular flexibility index (Phi) is 9.56. The fourth-order valence-electron chi connectivity index (χ4n) is 5.88. The molecule has 0 spiro atoms. The number of ether oxygens (including phenoxy) is 2. The van der Waals surface area contributed by atoms with Gasteiger partial charge < -0.3 is 29.4 Å². The third kappa shape index (κ3) is 6.90. The lowest BCUT2D eigenvalue weighted by Crippen LogP contribution is -2.49. The predicted molar refractivity (Wildman–Crippen MR) is 172 cm³/mol. The maximum Gasteiger partial charge on any atom is 0.258 e. The quantitative estimate of drug-likeness (QED) is 0.274. The van der Waals surface area contributed by atoms with E-state index in [1.54, 1.807) is 30.2 Å². The topological polar surface area (TPSA) is 96.3 Å². The summed E-state index contributed by atoms with van der Waals surface area (Å²) in [5, 5.41) is 14.0. The van der Waals surface area contributed by atoms with E-state index in [4.69, 9.17) is 9.47 Å². The van der Waals surface area contributed by atoms with Gasteiger partial charge in [0.1, 0.15) is 17.6 Å². The number of rotatable bonds is 10. The summed E-state index contributed by atoms with van der Waals surface area (Å²) in [6.07, 6.45) is 1.96. The maximum absolute atomic E-state index is 13.8. The molecule has 3 atom stereocenters. The number of aromatic nitrogens is 1. The summed E-state index contributed by atoms with van der Waals surface area (Å²) in [6.45, 7) is 5.54. The van der Waals surface area contributed by atoms with Crippen LogP contribution in [-0.4, -0.2) is 77.3 Å². The van der Waals surface area contributed by atoms with Gasteiger partial charge in [0.25, 0.3) is 5.91 Å². The van der Waals surface area contributed by atoms with Crippen molar-refractivity contribution in [2.24, 2.45) is 13.0 Å². The number of anilines is 1. The number of aryl methyl sites for hydroxylation is 1. The molecule has 1 aromatic heterocycles. The summed E-state index contributed by atoms with van der Waals surface area (Å²) in [5.74, 6) is 0.874. The fraction of sp³-hybridized carbons (Fsp3) is 0.371. The third-order valence-corrected chi connectivity index (χ3v) is 8.38. The summed E-state index contributed by atoms with van der Waals surface area (Å²) in [7, 11) is 5.67. The Morgan fingerprint density at radius 2 is 1.91 bits per heavy atom. The van der Waals surface area contributed by atoms with Crippen molar-refractivity contribution in [3.8, 4) is 11.5 Å². The highest BCUT2D eigenvalue weighted by molar-refractivity contribution is 6.00. The number of methoxy groups -OCH3 is 1. The number of carbonyl (C=O) groups excluding carboxylic acids is 2. The van der Waals surface area contributed by atoms with E-state index in [1.807, 2.05) is 80.3 Å². The van der Waals surface area contributed by atoms with Gasteiger partial charge >= 0.3 is 0 Å². The second-order valence-corrected chi connectivity index (χ2v) is 11.9. The van der Waals surface area contributed by atoms with Crippen molar-refractivity contribution in [2.45, 2.75) is 39.0 Å². The molecule has 44 heavy (non-hydrogen) atoms. The van der Waals surface area contributed by atoms with Crippen molar-refractivity contribution in [1.29, 1.82) is 0 Å². The average Bonchev–Trinajstić information content (AvgIpc) is 3.33. The molecular weight excluding hydrogens is 556 g/mol. The van der Waals surface area contributed by atoms with Crippen molar-refractivity contribution < 1.29 is 24.2 Å². The van der Waals surface area contributed by atoms with Gasteiger partial charge in [-0.05, 0) is 61.5 Å². The molecule has 232 valence electrons. The molecular formula is C35H42N4O5. The van der Waals surface area contributed by atoms with Crippen molar-refractivity contribution >= 4 is 28.4 Å². The van der Waals surface area contributed by atoms with Crippen LogP contribution in [0.2, 0.25) is 0 Å². The number of para-hydroxylation sites is 1. The standard InChI is InChI=1S/C35H42N4O5/c1-23-18-39(24(2)22-40)35(42)30-17-27(36-34(41)16-26-20-38(4)31-9-7-6-8-29(26)31)12-15-32(30)44-33(23)21-37(3)19-25-10-13-28(43-5)14-11-25/h6-15,17,20,23-24,33,40H,16,18-19,21-22H2,1-5H3,(H,36,41)/t23-,24-,33+/m1/s1. The molecule has 0 unspecified atom stereocenters. The van der Waals surface area contributed by atoms with E-state index < -0.39 is 0 Å². The number of hydrogen-bond donors (Lipinski definition) is 2. The number of carbonyl (C=O) groups is 2. The van der Waals surface area contributed by atoms with Crippen molar-refractivity contribution in [3.63, 3.8) is 0 Å². The van der Waals surface area contributed by atoms with Gasteiger partial charge in [0.2, 0.25) is 5.91 Å². The Balaban J connectivity index is 1.36. The minimum atomic E-state index is -0.377. The van der Waals surface area contributed by atoms with Crippen LogP contribution in [0.3, 0.4) is 0 Å². The van der Waals surface area contributed by atoms with E-state index in [0.717, 1.165) is 34.3 Å². The zero-order chi connectivity index (χ0) is 31.4. The molecule has 0 saturated carbocycles. The number of nitrogens with one attached hydrogen (secondary N) is 1. The van der Waals surface area contributed by atoms with E-state index in [-0.39, 0.29) is 42.9 Å². The second kappa shape index (κ2) is 13.5. The number of hydrogen-bond acceptors (Lipinski definition) is 6. The van der Waals surface area contributed by atoms with Crippen molar-refractivity contribution in [1.82, 2.24) is 14.4 Å². The first-order valence-electron chi connectivity index (χ1n) is 15.0. The Morgan fingerprint density at radius 1 is 1.16 bits per heavy atom. The molecule has 2 N–H and O–H groups in total. The third-order valence-electron chi connectivity index (χ3n) is 8.38. The van der Waals surface area contributed by atoms with Gasteiger partial charge in [0.05, 0.1) is 31.7 Å². The highest BCUT2D eigenvalue weighted by Crippen LogP contribution is 2.31. The Bertz CT molecular complexity index is 1620. The van der Waals surface area contributed by atoms with E-state index in [1.165, 1.54) is 0 Å². The molecule has 1 aliphatic heterocycles. The number of benzene rings is 3. The van der Waals surface area contributed by atoms with Crippen molar-refractivity contribution in [3.05, 3.63) is 89.6 Å². The van der Waals surface area contributed by atoms with Crippen LogP contribution in [0, 0.1) is 5.92 Å². The first-order valence-corrected chi connectivity index (χ1v) is 15.0. The highest BCUT2D eigenvalue weighted by atomic mass is 16.5. The molecule has 2 heterocycles. The van der Waals surface area contributed by atoms with Gasteiger partial charge in [-0.3, -0.25) is 14.5 Å². The number of fused-ring (bicyclic) bond motifs is 2. The molecule has 9 heteroatoms. The van der Waals surface area contributed by atoms with E-state index >= 15 is 0 Å². The van der Waals surface area contributed by atoms with Crippen LogP contribution >= 0.6 is 0 Å². The Morgan fingerprint density at radius 3 is 2.64 bits per heavy atom. The summed E-state index contributed by atoms with van der Waals surface area (Å²) in [6, 6.07) is 20.8. The number of nitrogens with zero attached hydrogens (tertiary/aromatic N) is 3. The Hall–Kier alpha value is -4.34. The number of aliphatic hydroxyl groups excluding tert-OH is 1. The minimum absolute atomic E-state index is 0.000470. The van der Waals surface area contributed by atoms with Crippen LogP contribution in [0.4, 0.5) is 5.69 Å². The van der Waals surface area contributed by atoms with E-state index in [2.05, 4.69) is 17.1 Å². The maximum atomic E-state index is 13.8. The zero-order valence-corrected chi connectivity index (χ0v) is 26.1. The van der Waals surface area contributed by atoms with Crippen molar-refractivity contribution in [2.75, 3.05) is 39.2 Å². The molecule has 5 rings (SSSR count). The van der Waals surface area contributed by atoms with Crippen LogP contribution < -0.4 is 14.8 Å². The molecule has 1 aliphatic rings. The largest absolute Gasteiger partial charge is 0.497 e. The van der Waals surface area contributed by atoms with Gasteiger partial charge in [-0.15, -0.1) is 0 Å². The summed E-state index contributed by atoms with van der Waals surface area (Å²) in [4.78, 5) is 30.9. The summed E-state index contributed by atoms with van der Waals surface area (Å²) >= 11 is 0. The monoisotopic (exact) mass is 598 g/mol. The number of amides is 2. The number of likely N-dealkylation sites (N-methyl/N-ethyl adjacent to an activating group) is 1. The van der Waals surface area contributed by atoms with Gasteiger partial charge in [-0.25, -0.2) is 0 Å². The first kappa shape index (κ1) is 31.1. The van der Waals surface area contributed by atoms with Gasteiger partial charge in [0.15, 0.2) is 0 Å². The molecule has 0 fully saturated rings. The van der Waals surface area contributed by atoms with E-state index in [0.29, 0.717) is 30.1 Å². The van der Waals surface area contributed by atoms with Gasteiger partial charge in [0, 0.05) is 55.4 Å². The minimum Gasteiger partial charge on any atom is -0.497 e. The molecule has 0 saturated heterocycles. The number of aliphatic hydroxyl groups is 1. The van der Waals surface area contributed by atoms with Crippen LogP contribution in [0.25, 0.3) is 10.9 Å². The predicted octanol–water partition coefficient (Wildman–Crippen LogP) is 4.72. The lowest BCUT2D eigenvalue weighted by atomic mass is 9.99. The average molecular weight is 599 g/mol.